The molecule has 0 aliphatic carbocycles. The van der Waals surface area contributed by atoms with Crippen LogP contribution in [0.1, 0.15) is 86.0 Å². The summed E-state index contributed by atoms with van der Waals surface area (Å²) in [5, 5.41) is 0. The lowest BCUT2D eigenvalue weighted by Crippen LogP contribution is -2.37. The summed E-state index contributed by atoms with van der Waals surface area (Å²) in [6.45, 7) is 13.9. The summed E-state index contributed by atoms with van der Waals surface area (Å²) in [6.07, 6.45) is 9.84. The van der Waals surface area contributed by atoms with Crippen molar-refractivity contribution in [1.82, 2.24) is 0 Å². The topological polar surface area (TPSA) is 26.3 Å². The van der Waals surface area contributed by atoms with Gasteiger partial charge in [-0.3, -0.25) is 0 Å². The number of hydrogen-bond donors (Lipinski definition) is 0. The van der Waals surface area contributed by atoms with Crippen molar-refractivity contribution in [2.24, 2.45) is 5.92 Å². The Morgan fingerprint density at radius 3 is 2.15 bits per heavy atom. The van der Waals surface area contributed by atoms with E-state index in [1.165, 1.54) is 32.1 Å². The molecule has 0 N–H and O–H groups in total. The molecule has 1 unspecified atom stereocenters. The van der Waals surface area contributed by atoms with Crippen molar-refractivity contribution in [3.05, 3.63) is 12.2 Å². The Hall–Kier alpha value is -0.790. The molecule has 0 fully saturated rings. The monoisotopic (exact) mass is 282 g/mol. The highest BCUT2D eigenvalue weighted by molar-refractivity contribution is 5.87. The van der Waals surface area contributed by atoms with Crippen molar-refractivity contribution >= 4 is 5.97 Å². The molecular formula is C18H34O2. The normalized spacial score (nSPS) is 13.1. The van der Waals surface area contributed by atoms with Gasteiger partial charge in [0.15, 0.2) is 0 Å². The van der Waals surface area contributed by atoms with Gasteiger partial charge in [-0.2, -0.15) is 0 Å². The van der Waals surface area contributed by atoms with E-state index in [1.807, 2.05) is 13.8 Å². The van der Waals surface area contributed by atoms with Crippen molar-refractivity contribution in [3.8, 4) is 0 Å². The molecule has 0 aliphatic rings. The van der Waals surface area contributed by atoms with E-state index in [1.54, 1.807) is 6.92 Å². The summed E-state index contributed by atoms with van der Waals surface area (Å²) in [7, 11) is 0. The quantitative estimate of drug-likeness (QED) is 0.277. The zero-order chi connectivity index (χ0) is 15.6. The van der Waals surface area contributed by atoms with E-state index >= 15 is 0 Å². The molecule has 0 spiro atoms. The van der Waals surface area contributed by atoms with Crippen LogP contribution in [0, 0.1) is 5.92 Å². The first kappa shape index (κ1) is 19.2. The Bertz CT molecular complexity index is 292. The van der Waals surface area contributed by atoms with Gasteiger partial charge in [0.25, 0.3) is 0 Å². The molecule has 0 aliphatic heterocycles. The minimum atomic E-state index is -0.392. The molecule has 0 bridgehead atoms. The minimum Gasteiger partial charge on any atom is -0.456 e. The number of esters is 1. The van der Waals surface area contributed by atoms with Crippen molar-refractivity contribution < 1.29 is 9.53 Å². The fourth-order valence-electron chi connectivity index (χ4n) is 2.59. The maximum atomic E-state index is 11.8. The summed E-state index contributed by atoms with van der Waals surface area (Å²) in [6, 6.07) is 0. The lowest BCUT2D eigenvalue weighted by Gasteiger charge is -2.34. The molecule has 0 aromatic carbocycles. The van der Waals surface area contributed by atoms with E-state index in [0.717, 1.165) is 19.3 Å². The molecule has 1 atom stereocenters. The Morgan fingerprint density at radius 1 is 1.05 bits per heavy atom. The Balaban J connectivity index is 4.38. The van der Waals surface area contributed by atoms with Crippen LogP contribution in [0.15, 0.2) is 12.2 Å². The molecule has 2 nitrogen and oxygen atoms in total. The first-order chi connectivity index (χ1) is 9.35. The number of carbonyl (C=O) groups is 1. The van der Waals surface area contributed by atoms with Gasteiger partial charge in [0, 0.05) is 5.57 Å². The molecule has 20 heavy (non-hydrogen) atoms. The number of carbonyl (C=O) groups excluding carboxylic acids is 1. The third-order valence-electron chi connectivity index (χ3n) is 3.98. The highest BCUT2D eigenvalue weighted by atomic mass is 16.6. The van der Waals surface area contributed by atoms with Gasteiger partial charge in [-0.1, -0.05) is 59.0 Å². The molecule has 0 saturated carbocycles. The second-order valence-electron chi connectivity index (χ2n) is 6.46. The van der Waals surface area contributed by atoms with E-state index in [-0.39, 0.29) is 5.97 Å². The first-order valence-corrected chi connectivity index (χ1v) is 8.24. The van der Waals surface area contributed by atoms with Crippen molar-refractivity contribution in [2.45, 2.75) is 91.6 Å². The summed E-state index contributed by atoms with van der Waals surface area (Å²) in [4.78, 5) is 11.8. The molecule has 118 valence electrons. The SMILES string of the molecule is C=C(C)C(=O)OC(C)(C)C(CCC)CCCCCCC. The molecule has 0 heterocycles. The lowest BCUT2D eigenvalue weighted by atomic mass is 9.82. The van der Waals surface area contributed by atoms with Gasteiger partial charge in [0.2, 0.25) is 0 Å². The van der Waals surface area contributed by atoms with Crippen LogP contribution in [0.25, 0.3) is 0 Å². The molecule has 0 saturated heterocycles. The molecule has 0 amide bonds. The van der Waals surface area contributed by atoms with E-state index < -0.39 is 5.60 Å². The summed E-state index contributed by atoms with van der Waals surface area (Å²) in [5.41, 5.74) is 0.0906. The Kier molecular flexibility index (Phi) is 9.62. The van der Waals surface area contributed by atoms with E-state index in [4.69, 9.17) is 4.74 Å². The second kappa shape index (κ2) is 10.0. The van der Waals surface area contributed by atoms with Gasteiger partial charge < -0.3 is 4.74 Å². The average molecular weight is 282 g/mol. The van der Waals surface area contributed by atoms with Gasteiger partial charge in [0.05, 0.1) is 0 Å². The Labute approximate surface area is 126 Å². The van der Waals surface area contributed by atoms with Crippen LogP contribution in [-0.4, -0.2) is 11.6 Å². The number of unbranched alkanes of at least 4 members (excludes halogenated alkanes) is 4. The number of hydrogen-bond acceptors (Lipinski definition) is 2. The summed E-state index contributed by atoms with van der Waals surface area (Å²) < 4.78 is 5.65. The fourth-order valence-corrected chi connectivity index (χ4v) is 2.59. The van der Waals surface area contributed by atoms with Gasteiger partial charge in [-0.05, 0) is 39.5 Å². The first-order valence-electron chi connectivity index (χ1n) is 8.24. The van der Waals surface area contributed by atoms with Crippen LogP contribution in [-0.2, 0) is 9.53 Å². The minimum absolute atomic E-state index is 0.262. The zero-order valence-electron chi connectivity index (χ0n) is 14.3. The highest BCUT2D eigenvalue weighted by Crippen LogP contribution is 2.31. The highest BCUT2D eigenvalue weighted by Gasteiger charge is 2.32. The maximum absolute atomic E-state index is 11.8. The summed E-state index contributed by atoms with van der Waals surface area (Å²) >= 11 is 0. The zero-order valence-corrected chi connectivity index (χ0v) is 14.3. The van der Waals surface area contributed by atoms with Crippen LogP contribution in [0.3, 0.4) is 0 Å². The molecule has 0 rings (SSSR count). The molecular weight excluding hydrogens is 248 g/mol. The van der Waals surface area contributed by atoms with Crippen molar-refractivity contribution in [2.75, 3.05) is 0 Å². The third kappa shape index (κ3) is 7.72. The maximum Gasteiger partial charge on any atom is 0.333 e. The van der Waals surface area contributed by atoms with Crippen LogP contribution in [0.4, 0.5) is 0 Å². The number of ether oxygens (including phenoxy) is 1. The van der Waals surface area contributed by atoms with Gasteiger partial charge in [-0.15, -0.1) is 0 Å². The third-order valence-corrected chi connectivity index (χ3v) is 3.98. The van der Waals surface area contributed by atoms with Crippen LogP contribution < -0.4 is 0 Å². The second-order valence-corrected chi connectivity index (χ2v) is 6.46. The van der Waals surface area contributed by atoms with E-state index in [2.05, 4.69) is 20.4 Å². The van der Waals surface area contributed by atoms with E-state index in [0.29, 0.717) is 11.5 Å². The molecule has 2 heteroatoms. The average Bonchev–Trinajstić information content (AvgIpc) is 2.36. The largest absolute Gasteiger partial charge is 0.456 e. The predicted octanol–water partition coefficient (Wildman–Crippen LogP) is 5.66. The van der Waals surface area contributed by atoms with Gasteiger partial charge in [-0.25, -0.2) is 4.79 Å². The smallest absolute Gasteiger partial charge is 0.333 e. The standard InChI is InChI=1S/C18H34O2/c1-7-9-10-11-12-14-16(13-8-2)18(5,6)20-17(19)15(3)4/h16H,3,7-14H2,1-2,4-6H3. The van der Waals surface area contributed by atoms with Gasteiger partial charge >= 0.3 is 5.97 Å². The van der Waals surface area contributed by atoms with E-state index in [9.17, 15) is 4.79 Å². The Morgan fingerprint density at radius 2 is 1.65 bits per heavy atom. The number of rotatable bonds is 11. The van der Waals surface area contributed by atoms with Crippen molar-refractivity contribution in [3.63, 3.8) is 0 Å². The fraction of sp³-hybridized carbons (Fsp3) is 0.833. The van der Waals surface area contributed by atoms with Crippen LogP contribution >= 0.6 is 0 Å². The van der Waals surface area contributed by atoms with Crippen LogP contribution in [0.5, 0.6) is 0 Å². The van der Waals surface area contributed by atoms with Gasteiger partial charge in [0.1, 0.15) is 5.60 Å². The summed E-state index contributed by atoms with van der Waals surface area (Å²) in [5.74, 6) is 0.180. The molecule has 0 radical (unpaired) electrons. The van der Waals surface area contributed by atoms with Crippen LogP contribution in [0.2, 0.25) is 0 Å². The molecule has 0 aromatic heterocycles. The lowest BCUT2D eigenvalue weighted by molar-refractivity contribution is -0.157. The molecule has 0 aromatic rings. The van der Waals surface area contributed by atoms with Crippen molar-refractivity contribution in [1.29, 1.82) is 0 Å². The predicted molar refractivity (Wildman–Crippen MR) is 86.8 cm³/mol.